The monoisotopic (exact) mass is 471 g/mol. The highest BCUT2D eigenvalue weighted by molar-refractivity contribution is 7.90. The molecule has 1 aliphatic heterocycles. The topological polar surface area (TPSA) is 104 Å². The van der Waals surface area contributed by atoms with Gasteiger partial charge < -0.3 is 10.2 Å². The zero-order chi connectivity index (χ0) is 24.2. The van der Waals surface area contributed by atoms with Crippen molar-refractivity contribution in [3.63, 3.8) is 0 Å². The van der Waals surface area contributed by atoms with Gasteiger partial charge in [0.1, 0.15) is 10.9 Å². The van der Waals surface area contributed by atoms with Crippen LogP contribution in [0.3, 0.4) is 0 Å². The van der Waals surface area contributed by atoms with Crippen LogP contribution in [0, 0.1) is 6.92 Å². The van der Waals surface area contributed by atoms with Crippen LogP contribution in [-0.4, -0.2) is 54.5 Å². The Hall–Kier alpha value is -3.20. The summed E-state index contributed by atoms with van der Waals surface area (Å²) in [6, 6.07) is 13.1. The minimum atomic E-state index is -3.91. The first-order chi connectivity index (χ1) is 15.7. The van der Waals surface area contributed by atoms with E-state index in [2.05, 4.69) is 5.32 Å². The molecule has 0 fully saturated rings. The maximum Gasteiger partial charge on any atom is 0.269 e. The standard InChI is InChI=1S/C24H29N3O5S/c1-4-25-23(29)18(3)26(16-19-13-11-17(2)12-14-19)22(28)10-7-15-27-24(30)20-8-5-6-9-21(20)33(27,31)32/h5-6,8-9,11-14,18H,4,7,10,15-16H2,1-3H3,(H,25,29). The molecule has 0 saturated heterocycles. The van der Waals surface area contributed by atoms with Gasteiger partial charge in [-0.1, -0.05) is 42.0 Å². The molecule has 1 aliphatic rings. The minimum Gasteiger partial charge on any atom is -0.355 e. The average molecular weight is 472 g/mol. The lowest BCUT2D eigenvalue weighted by molar-refractivity contribution is -0.140. The Kier molecular flexibility index (Phi) is 7.53. The predicted molar refractivity (Wildman–Crippen MR) is 124 cm³/mol. The Morgan fingerprint density at radius 2 is 1.76 bits per heavy atom. The summed E-state index contributed by atoms with van der Waals surface area (Å²) >= 11 is 0. The number of rotatable bonds is 9. The van der Waals surface area contributed by atoms with E-state index in [1.807, 2.05) is 38.1 Å². The van der Waals surface area contributed by atoms with E-state index >= 15 is 0 Å². The summed E-state index contributed by atoms with van der Waals surface area (Å²) in [7, 11) is -3.91. The number of carbonyl (C=O) groups is 3. The zero-order valence-electron chi connectivity index (χ0n) is 19.1. The Morgan fingerprint density at radius 3 is 2.39 bits per heavy atom. The van der Waals surface area contributed by atoms with Gasteiger partial charge in [0.25, 0.3) is 15.9 Å². The number of fused-ring (bicyclic) bond motifs is 1. The fourth-order valence-electron chi connectivity index (χ4n) is 3.76. The zero-order valence-corrected chi connectivity index (χ0v) is 19.9. The van der Waals surface area contributed by atoms with Crippen LogP contribution in [0.2, 0.25) is 0 Å². The van der Waals surface area contributed by atoms with Crippen molar-refractivity contribution in [1.29, 1.82) is 0 Å². The van der Waals surface area contributed by atoms with Crippen LogP contribution < -0.4 is 5.32 Å². The summed E-state index contributed by atoms with van der Waals surface area (Å²) in [4.78, 5) is 39.6. The van der Waals surface area contributed by atoms with Gasteiger partial charge >= 0.3 is 0 Å². The van der Waals surface area contributed by atoms with E-state index in [1.165, 1.54) is 17.0 Å². The summed E-state index contributed by atoms with van der Waals surface area (Å²) in [6.45, 7) is 6.05. The molecule has 1 unspecified atom stereocenters. The Morgan fingerprint density at radius 1 is 1.09 bits per heavy atom. The Balaban J connectivity index is 1.70. The summed E-state index contributed by atoms with van der Waals surface area (Å²) in [6.07, 6.45) is 0.162. The van der Waals surface area contributed by atoms with Crippen molar-refractivity contribution in [3.05, 3.63) is 65.2 Å². The summed E-state index contributed by atoms with van der Waals surface area (Å²) in [5.41, 5.74) is 2.12. The van der Waals surface area contributed by atoms with Crippen molar-refractivity contribution >= 4 is 27.7 Å². The maximum absolute atomic E-state index is 13.1. The second kappa shape index (κ2) is 10.2. The van der Waals surface area contributed by atoms with Crippen LogP contribution in [-0.2, 0) is 26.2 Å². The third-order valence-electron chi connectivity index (χ3n) is 5.66. The lowest BCUT2D eigenvalue weighted by Crippen LogP contribution is -2.47. The molecule has 1 N–H and O–H groups in total. The molecule has 0 saturated carbocycles. The molecule has 0 aliphatic carbocycles. The lowest BCUT2D eigenvalue weighted by Gasteiger charge is -2.29. The van der Waals surface area contributed by atoms with Gasteiger partial charge in [-0.15, -0.1) is 0 Å². The number of carbonyl (C=O) groups excluding carboxylic acids is 3. The van der Waals surface area contributed by atoms with Crippen molar-refractivity contribution in [2.75, 3.05) is 13.1 Å². The number of likely N-dealkylation sites (N-methyl/N-ethyl adjacent to an activating group) is 1. The molecule has 2 aromatic rings. The fourth-order valence-corrected chi connectivity index (χ4v) is 5.37. The van der Waals surface area contributed by atoms with E-state index in [0.29, 0.717) is 6.54 Å². The molecule has 176 valence electrons. The number of nitrogens with one attached hydrogen (secondary N) is 1. The molecule has 1 heterocycles. The van der Waals surface area contributed by atoms with Gasteiger partial charge in [-0.05, 0) is 44.9 Å². The SMILES string of the molecule is CCNC(=O)C(C)N(Cc1ccc(C)cc1)C(=O)CCCN1C(=O)c2ccccc2S1(=O)=O. The molecule has 3 rings (SSSR count). The Labute approximate surface area is 194 Å². The van der Waals surface area contributed by atoms with Gasteiger partial charge in [0.15, 0.2) is 0 Å². The number of amides is 3. The highest BCUT2D eigenvalue weighted by atomic mass is 32.2. The van der Waals surface area contributed by atoms with Crippen LogP contribution in [0.15, 0.2) is 53.4 Å². The first kappa shape index (κ1) is 24.4. The highest BCUT2D eigenvalue weighted by Crippen LogP contribution is 2.30. The van der Waals surface area contributed by atoms with E-state index in [0.717, 1.165) is 15.4 Å². The molecule has 1 atom stereocenters. The molecule has 0 aromatic heterocycles. The number of benzene rings is 2. The van der Waals surface area contributed by atoms with Crippen LogP contribution in [0.1, 0.15) is 48.2 Å². The van der Waals surface area contributed by atoms with Crippen LogP contribution in [0.4, 0.5) is 0 Å². The van der Waals surface area contributed by atoms with E-state index < -0.39 is 22.0 Å². The minimum absolute atomic E-state index is 0.00521. The molecule has 9 heteroatoms. The van der Waals surface area contributed by atoms with Crippen LogP contribution in [0.5, 0.6) is 0 Å². The molecular formula is C24H29N3O5S. The van der Waals surface area contributed by atoms with Crippen LogP contribution >= 0.6 is 0 Å². The second-order valence-electron chi connectivity index (χ2n) is 8.06. The van der Waals surface area contributed by atoms with E-state index in [-0.39, 0.29) is 48.2 Å². The number of nitrogens with zero attached hydrogens (tertiary/aromatic N) is 2. The fraction of sp³-hybridized carbons (Fsp3) is 0.375. The van der Waals surface area contributed by atoms with Gasteiger partial charge in [-0.25, -0.2) is 12.7 Å². The van der Waals surface area contributed by atoms with Gasteiger partial charge in [-0.2, -0.15) is 0 Å². The predicted octanol–water partition coefficient (Wildman–Crippen LogP) is 2.47. The molecule has 8 nitrogen and oxygen atoms in total. The van der Waals surface area contributed by atoms with E-state index in [4.69, 9.17) is 0 Å². The second-order valence-corrected chi connectivity index (χ2v) is 9.89. The van der Waals surface area contributed by atoms with Crippen molar-refractivity contribution < 1.29 is 22.8 Å². The molecule has 3 amide bonds. The van der Waals surface area contributed by atoms with E-state index in [1.54, 1.807) is 19.1 Å². The van der Waals surface area contributed by atoms with Crippen molar-refractivity contribution in [2.45, 2.75) is 51.1 Å². The van der Waals surface area contributed by atoms with Crippen molar-refractivity contribution in [3.8, 4) is 0 Å². The third kappa shape index (κ3) is 5.24. The molecule has 0 spiro atoms. The summed E-state index contributed by atoms with van der Waals surface area (Å²) in [5, 5.41) is 2.74. The van der Waals surface area contributed by atoms with Gasteiger partial charge in [-0.3, -0.25) is 14.4 Å². The summed E-state index contributed by atoms with van der Waals surface area (Å²) < 4.78 is 26.2. The number of aryl methyl sites for hydroxylation is 1. The van der Waals surface area contributed by atoms with Gasteiger partial charge in [0.05, 0.1) is 5.56 Å². The molecule has 0 bridgehead atoms. The third-order valence-corrected chi connectivity index (χ3v) is 7.50. The average Bonchev–Trinajstić information content (AvgIpc) is 2.99. The van der Waals surface area contributed by atoms with Gasteiger partial charge in [0, 0.05) is 26.1 Å². The lowest BCUT2D eigenvalue weighted by atomic mass is 10.1. The van der Waals surface area contributed by atoms with Crippen LogP contribution in [0.25, 0.3) is 0 Å². The molecule has 33 heavy (non-hydrogen) atoms. The number of hydrogen-bond donors (Lipinski definition) is 1. The maximum atomic E-state index is 13.1. The van der Waals surface area contributed by atoms with Gasteiger partial charge in [0.2, 0.25) is 11.8 Å². The number of hydrogen-bond acceptors (Lipinski definition) is 5. The molecular weight excluding hydrogens is 442 g/mol. The van der Waals surface area contributed by atoms with E-state index in [9.17, 15) is 22.8 Å². The largest absolute Gasteiger partial charge is 0.355 e. The van der Waals surface area contributed by atoms with Crippen molar-refractivity contribution in [1.82, 2.24) is 14.5 Å². The molecule has 2 aromatic carbocycles. The Bertz CT molecular complexity index is 1140. The quantitative estimate of drug-likeness (QED) is 0.605. The first-order valence-corrected chi connectivity index (χ1v) is 12.4. The van der Waals surface area contributed by atoms with Crippen molar-refractivity contribution in [2.24, 2.45) is 0 Å². The normalized spacial score (nSPS) is 15.1. The summed E-state index contributed by atoms with van der Waals surface area (Å²) in [5.74, 6) is -1.12. The number of sulfonamides is 1. The highest BCUT2D eigenvalue weighted by Gasteiger charge is 2.40. The first-order valence-electron chi connectivity index (χ1n) is 11.0. The molecule has 0 radical (unpaired) electrons. The smallest absolute Gasteiger partial charge is 0.269 e.